The highest BCUT2D eigenvalue weighted by Gasteiger charge is 2.32. The minimum atomic E-state index is -0.711. The van der Waals surface area contributed by atoms with Gasteiger partial charge in [0.25, 0.3) is 0 Å². The number of nitrogens with zero attached hydrogens (tertiary/aromatic N) is 7. The monoisotopic (exact) mass is 477 g/mol. The molecule has 0 unspecified atom stereocenters. The molecular formula is C25H25F2N7O. The van der Waals surface area contributed by atoms with E-state index in [1.54, 1.807) is 0 Å². The third-order valence-corrected chi connectivity index (χ3v) is 6.57. The van der Waals surface area contributed by atoms with Crippen LogP contribution in [0.5, 0.6) is 0 Å². The Hall–Kier alpha value is -3.53. The average Bonchev–Trinajstić information content (AvgIpc) is 3.55. The van der Waals surface area contributed by atoms with Crippen molar-refractivity contribution in [2.75, 3.05) is 18.0 Å². The number of fused-ring (bicyclic) bond motifs is 1. The Kier molecular flexibility index (Phi) is 5.21. The maximum Gasteiger partial charge on any atom is 0.228 e. The fraction of sp³-hybridized carbons (Fsp3) is 0.400. The lowest BCUT2D eigenvalue weighted by Crippen LogP contribution is -2.43. The van der Waals surface area contributed by atoms with Crippen LogP contribution < -0.4 is 4.90 Å². The number of hydrogen-bond acceptors (Lipinski definition) is 7. The first-order valence-electron chi connectivity index (χ1n) is 11.8. The fourth-order valence-electron chi connectivity index (χ4n) is 4.47. The van der Waals surface area contributed by atoms with Crippen molar-refractivity contribution in [3.63, 3.8) is 0 Å². The molecular weight excluding hydrogens is 452 g/mol. The van der Waals surface area contributed by atoms with Gasteiger partial charge in [-0.3, -0.25) is 4.68 Å². The molecule has 1 saturated carbocycles. The van der Waals surface area contributed by atoms with Gasteiger partial charge in [0.15, 0.2) is 5.65 Å². The third kappa shape index (κ3) is 4.12. The van der Waals surface area contributed by atoms with E-state index in [0.717, 1.165) is 30.2 Å². The highest BCUT2D eigenvalue weighted by Crippen LogP contribution is 2.36. The van der Waals surface area contributed by atoms with Gasteiger partial charge in [0, 0.05) is 29.9 Å². The van der Waals surface area contributed by atoms with Crippen LogP contribution in [0.1, 0.15) is 48.9 Å². The van der Waals surface area contributed by atoms with Gasteiger partial charge >= 0.3 is 0 Å². The van der Waals surface area contributed by atoms with E-state index in [2.05, 4.69) is 21.3 Å². The number of aromatic nitrogens is 6. The Morgan fingerprint density at radius 1 is 1.00 bits per heavy atom. The van der Waals surface area contributed by atoms with Crippen molar-refractivity contribution in [3.8, 4) is 11.3 Å². The van der Waals surface area contributed by atoms with Crippen LogP contribution in [0.2, 0.25) is 0 Å². The van der Waals surface area contributed by atoms with E-state index >= 15 is 0 Å². The van der Waals surface area contributed by atoms with Gasteiger partial charge in [-0.25, -0.2) is 23.7 Å². The Morgan fingerprint density at radius 2 is 1.80 bits per heavy atom. The summed E-state index contributed by atoms with van der Waals surface area (Å²) in [5.74, 6) is -0.959. The number of halogens is 2. The molecule has 0 radical (unpaired) electrons. The summed E-state index contributed by atoms with van der Waals surface area (Å²) in [6.45, 7) is 6.75. The molecule has 2 atom stereocenters. The Bertz CT molecular complexity index is 1440. The van der Waals surface area contributed by atoms with Crippen LogP contribution in [0.4, 0.5) is 14.7 Å². The summed E-state index contributed by atoms with van der Waals surface area (Å²) in [4.78, 5) is 20.7. The van der Waals surface area contributed by atoms with E-state index in [9.17, 15) is 8.78 Å². The molecule has 8 nitrogen and oxygen atoms in total. The SMILES string of the molecule is Cc1nc2nc(N3C[C@H](C)O[C@@H](c4cnn(C5CC5)c4)C3)nc(-c3ccc(F)cc3F)c2nc1C. The molecule has 0 bridgehead atoms. The van der Waals surface area contributed by atoms with Gasteiger partial charge in [-0.05, 0) is 45.7 Å². The molecule has 0 N–H and O–H groups in total. The predicted octanol–water partition coefficient (Wildman–Crippen LogP) is 4.48. The van der Waals surface area contributed by atoms with E-state index in [1.807, 2.05) is 36.5 Å². The minimum Gasteiger partial charge on any atom is -0.367 e. The number of hydrogen-bond donors (Lipinski definition) is 0. The molecule has 35 heavy (non-hydrogen) atoms. The standard InChI is InChI=1S/C25H25F2N7O/c1-13-10-33(12-21(35-13)16-9-28-34(11-16)18-5-6-18)25-31-22(19-7-4-17(26)8-20(19)27)23-24(32-25)30-15(3)14(2)29-23/h4,7-9,11,13,18,21H,5-6,10,12H2,1-3H3/t13-,21+/m0/s1. The smallest absolute Gasteiger partial charge is 0.228 e. The highest BCUT2D eigenvalue weighted by atomic mass is 19.1. The van der Waals surface area contributed by atoms with Crippen LogP contribution in [-0.2, 0) is 4.74 Å². The highest BCUT2D eigenvalue weighted by molar-refractivity contribution is 5.88. The van der Waals surface area contributed by atoms with Gasteiger partial charge in [0.1, 0.15) is 28.9 Å². The average molecular weight is 478 g/mol. The van der Waals surface area contributed by atoms with Crippen LogP contribution in [0, 0.1) is 25.5 Å². The van der Waals surface area contributed by atoms with Gasteiger partial charge < -0.3 is 9.64 Å². The largest absolute Gasteiger partial charge is 0.367 e. The topological polar surface area (TPSA) is 81.9 Å². The molecule has 180 valence electrons. The van der Waals surface area contributed by atoms with Crippen molar-refractivity contribution in [1.82, 2.24) is 29.7 Å². The maximum absolute atomic E-state index is 14.8. The van der Waals surface area contributed by atoms with E-state index in [0.29, 0.717) is 41.9 Å². The molecule has 0 spiro atoms. The molecule has 2 aliphatic rings. The van der Waals surface area contributed by atoms with Crippen molar-refractivity contribution in [3.05, 3.63) is 59.2 Å². The molecule has 1 aliphatic heterocycles. The van der Waals surface area contributed by atoms with Crippen LogP contribution in [-0.4, -0.2) is 48.9 Å². The summed E-state index contributed by atoms with van der Waals surface area (Å²) in [7, 11) is 0. The normalized spacial score (nSPS) is 20.5. The zero-order valence-electron chi connectivity index (χ0n) is 19.7. The first kappa shape index (κ1) is 22.0. The Morgan fingerprint density at radius 3 is 2.57 bits per heavy atom. The van der Waals surface area contributed by atoms with Gasteiger partial charge in [-0.15, -0.1) is 0 Å². The van der Waals surface area contributed by atoms with Gasteiger partial charge in [0.2, 0.25) is 5.95 Å². The van der Waals surface area contributed by atoms with Crippen LogP contribution >= 0.6 is 0 Å². The number of rotatable bonds is 4. The second kappa shape index (κ2) is 8.30. The van der Waals surface area contributed by atoms with E-state index in [-0.39, 0.29) is 23.5 Å². The quantitative estimate of drug-likeness (QED) is 0.429. The Balaban J connectivity index is 1.43. The van der Waals surface area contributed by atoms with Crippen LogP contribution in [0.25, 0.3) is 22.4 Å². The molecule has 1 aromatic carbocycles. The third-order valence-electron chi connectivity index (χ3n) is 6.57. The lowest BCUT2D eigenvalue weighted by atomic mass is 10.1. The molecule has 1 aliphatic carbocycles. The van der Waals surface area contributed by atoms with Gasteiger partial charge in [-0.1, -0.05) is 0 Å². The minimum absolute atomic E-state index is 0.0887. The summed E-state index contributed by atoms with van der Waals surface area (Å²) in [6.07, 6.45) is 5.93. The second-order valence-electron chi connectivity index (χ2n) is 9.39. The Labute approximate surface area is 201 Å². The van der Waals surface area contributed by atoms with E-state index in [1.165, 1.54) is 12.1 Å². The maximum atomic E-state index is 14.8. The number of aryl methyl sites for hydroxylation is 2. The molecule has 10 heteroatoms. The molecule has 1 saturated heterocycles. The summed E-state index contributed by atoms with van der Waals surface area (Å²) < 4.78 is 36.7. The van der Waals surface area contributed by atoms with E-state index in [4.69, 9.17) is 14.7 Å². The molecule has 4 heterocycles. The second-order valence-corrected chi connectivity index (χ2v) is 9.39. The van der Waals surface area contributed by atoms with Crippen molar-refractivity contribution < 1.29 is 13.5 Å². The molecule has 0 amide bonds. The number of anilines is 1. The van der Waals surface area contributed by atoms with Crippen LogP contribution in [0.3, 0.4) is 0 Å². The number of morpholine rings is 1. The summed E-state index contributed by atoms with van der Waals surface area (Å²) >= 11 is 0. The first-order valence-corrected chi connectivity index (χ1v) is 11.8. The summed E-state index contributed by atoms with van der Waals surface area (Å²) in [5.41, 5.74) is 3.63. The van der Waals surface area contributed by atoms with Gasteiger partial charge in [-0.2, -0.15) is 10.1 Å². The molecule has 4 aromatic rings. The fourth-order valence-corrected chi connectivity index (χ4v) is 4.47. The van der Waals surface area contributed by atoms with Crippen molar-refractivity contribution in [2.24, 2.45) is 0 Å². The number of ether oxygens (including phenoxy) is 1. The van der Waals surface area contributed by atoms with Crippen LogP contribution in [0.15, 0.2) is 30.6 Å². The molecule has 3 aromatic heterocycles. The molecule has 2 fully saturated rings. The van der Waals surface area contributed by atoms with Crippen molar-refractivity contribution >= 4 is 17.1 Å². The van der Waals surface area contributed by atoms with Crippen molar-refractivity contribution in [2.45, 2.75) is 51.9 Å². The summed E-state index contributed by atoms with van der Waals surface area (Å²) in [6, 6.07) is 3.93. The molecule has 6 rings (SSSR count). The number of benzene rings is 1. The lowest BCUT2D eigenvalue weighted by molar-refractivity contribution is -0.0178. The van der Waals surface area contributed by atoms with Crippen molar-refractivity contribution in [1.29, 1.82) is 0 Å². The van der Waals surface area contributed by atoms with E-state index < -0.39 is 11.6 Å². The van der Waals surface area contributed by atoms with Gasteiger partial charge in [0.05, 0.1) is 36.3 Å². The lowest BCUT2D eigenvalue weighted by Gasteiger charge is -2.36. The summed E-state index contributed by atoms with van der Waals surface area (Å²) in [5, 5.41) is 4.50. The zero-order chi connectivity index (χ0) is 24.3. The first-order chi connectivity index (χ1) is 16.9. The zero-order valence-corrected chi connectivity index (χ0v) is 19.7. The predicted molar refractivity (Wildman–Crippen MR) is 126 cm³/mol.